The molecule has 5 heteroatoms. The highest BCUT2D eigenvalue weighted by Gasteiger charge is 2.10. The van der Waals surface area contributed by atoms with Crippen molar-refractivity contribution in [2.45, 2.75) is 6.92 Å². The molecule has 1 aromatic carbocycles. The van der Waals surface area contributed by atoms with E-state index in [0.29, 0.717) is 12.6 Å². The summed E-state index contributed by atoms with van der Waals surface area (Å²) in [6, 6.07) is 8.05. The highest BCUT2D eigenvalue weighted by atomic mass is 16.5. The Morgan fingerprint density at radius 1 is 1.26 bits per heavy atom. The zero-order valence-electron chi connectivity index (χ0n) is 11.7. The molecule has 0 saturated heterocycles. The Labute approximate surface area is 113 Å². The zero-order chi connectivity index (χ0) is 13.7. The van der Waals surface area contributed by atoms with Gasteiger partial charge in [0.15, 0.2) is 0 Å². The van der Waals surface area contributed by atoms with E-state index in [1.165, 1.54) is 0 Å². The molecule has 0 atom stereocenters. The number of hydrogen-bond acceptors (Lipinski definition) is 5. The topological polar surface area (TPSA) is 50.3 Å². The summed E-state index contributed by atoms with van der Waals surface area (Å²) in [5.41, 5.74) is 0.952. The van der Waals surface area contributed by atoms with Crippen LogP contribution in [0.4, 0.5) is 11.8 Å². The molecule has 0 radical (unpaired) electrons. The summed E-state index contributed by atoms with van der Waals surface area (Å²) in [5.74, 6) is 1.60. The van der Waals surface area contributed by atoms with Crippen LogP contribution in [0.3, 0.4) is 0 Å². The van der Waals surface area contributed by atoms with Crippen molar-refractivity contribution in [1.29, 1.82) is 0 Å². The first-order chi connectivity index (χ1) is 9.26. The Morgan fingerprint density at radius 2 is 2.05 bits per heavy atom. The van der Waals surface area contributed by atoms with Gasteiger partial charge in [-0.1, -0.05) is 12.1 Å². The van der Waals surface area contributed by atoms with Gasteiger partial charge >= 0.3 is 0 Å². The number of methoxy groups -OCH3 is 1. The number of para-hydroxylation sites is 1. The van der Waals surface area contributed by atoms with E-state index < -0.39 is 0 Å². The van der Waals surface area contributed by atoms with Gasteiger partial charge in [-0.15, -0.1) is 0 Å². The van der Waals surface area contributed by atoms with E-state index in [1.807, 2.05) is 38.2 Å². The lowest BCUT2D eigenvalue weighted by Gasteiger charge is -2.20. The minimum atomic E-state index is 0.667. The fourth-order valence-electron chi connectivity index (χ4n) is 1.92. The largest absolute Gasteiger partial charge is 0.383 e. The first-order valence-electron chi connectivity index (χ1n) is 6.47. The van der Waals surface area contributed by atoms with Gasteiger partial charge in [0.25, 0.3) is 0 Å². The molecule has 0 fully saturated rings. The van der Waals surface area contributed by atoms with Gasteiger partial charge in [0.2, 0.25) is 5.95 Å². The van der Waals surface area contributed by atoms with E-state index in [0.717, 1.165) is 29.8 Å². The van der Waals surface area contributed by atoms with Crippen LogP contribution < -0.4 is 10.2 Å². The van der Waals surface area contributed by atoms with Crippen molar-refractivity contribution in [1.82, 2.24) is 9.97 Å². The summed E-state index contributed by atoms with van der Waals surface area (Å²) < 4.78 is 5.12. The normalized spacial score (nSPS) is 10.7. The summed E-state index contributed by atoms with van der Waals surface area (Å²) >= 11 is 0. The number of fused-ring (bicyclic) bond motifs is 1. The molecule has 0 amide bonds. The molecule has 1 aromatic heterocycles. The number of nitrogens with one attached hydrogen (secondary N) is 1. The molecule has 0 aliphatic heterocycles. The molecule has 0 spiro atoms. The van der Waals surface area contributed by atoms with Crippen LogP contribution in [-0.4, -0.2) is 43.8 Å². The average Bonchev–Trinajstić information content (AvgIpc) is 2.44. The minimum Gasteiger partial charge on any atom is -0.383 e. The fraction of sp³-hybridized carbons (Fsp3) is 0.429. The third-order valence-corrected chi connectivity index (χ3v) is 2.91. The summed E-state index contributed by atoms with van der Waals surface area (Å²) in [5, 5.41) is 4.23. The molecule has 0 saturated carbocycles. The summed E-state index contributed by atoms with van der Waals surface area (Å²) in [6.45, 7) is 4.31. The van der Waals surface area contributed by atoms with Crippen molar-refractivity contribution in [3.05, 3.63) is 24.3 Å². The highest BCUT2D eigenvalue weighted by molar-refractivity contribution is 5.90. The van der Waals surface area contributed by atoms with Gasteiger partial charge in [0, 0.05) is 32.6 Å². The predicted molar refractivity (Wildman–Crippen MR) is 78.8 cm³/mol. The summed E-state index contributed by atoms with van der Waals surface area (Å²) in [7, 11) is 3.72. The average molecular weight is 260 g/mol. The number of nitrogens with zero attached hydrogens (tertiary/aromatic N) is 3. The fourth-order valence-corrected chi connectivity index (χ4v) is 1.92. The minimum absolute atomic E-state index is 0.667. The van der Waals surface area contributed by atoms with Crippen molar-refractivity contribution in [2.75, 3.05) is 44.1 Å². The lowest BCUT2D eigenvalue weighted by molar-refractivity contribution is 0.206. The van der Waals surface area contributed by atoms with Gasteiger partial charge in [0.05, 0.1) is 12.1 Å². The van der Waals surface area contributed by atoms with Crippen LogP contribution in [-0.2, 0) is 4.74 Å². The Bertz CT molecular complexity index is 544. The van der Waals surface area contributed by atoms with Crippen LogP contribution in [0.5, 0.6) is 0 Å². The van der Waals surface area contributed by atoms with Crippen molar-refractivity contribution < 1.29 is 4.74 Å². The molecule has 0 unspecified atom stereocenters. The number of aromatic nitrogens is 2. The maximum Gasteiger partial charge on any atom is 0.225 e. The molecule has 19 heavy (non-hydrogen) atoms. The number of hydrogen-bond donors (Lipinski definition) is 1. The van der Waals surface area contributed by atoms with Crippen LogP contribution in [0.2, 0.25) is 0 Å². The van der Waals surface area contributed by atoms with Crippen molar-refractivity contribution in [3.63, 3.8) is 0 Å². The molecule has 5 nitrogen and oxygen atoms in total. The van der Waals surface area contributed by atoms with Crippen LogP contribution >= 0.6 is 0 Å². The molecule has 0 bridgehead atoms. The molecule has 102 valence electrons. The summed E-state index contributed by atoms with van der Waals surface area (Å²) in [6.07, 6.45) is 0. The molecule has 0 aliphatic rings. The van der Waals surface area contributed by atoms with Crippen molar-refractivity contribution >= 4 is 22.7 Å². The second kappa shape index (κ2) is 6.33. The number of rotatable bonds is 6. The van der Waals surface area contributed by atoms with E-state index in [1.54, 1.807) is 7.11 Å². The van der Waals surface area contributed by atoms with Gasteiger partial charge in [-0.3, -0.25) is 0 Å². The lowest BCUT2D eigenvalue weighted by atomic mass is 10.2. The van der Waals surface area contributed by atoms with E-state index in [2.05, 4.69) is 20.2 Å². The Kier molecular flexibility index (Phi) is 4.52. The number of anilines is 2. The second-order valence-corrected chi connectivity index (χ2v) is 4.33. The van der Waals surface area contributed by atoms with E-state index in [9.17, 15) is 0 Å². The monoisotopic (exact) mass is 260 g/mol. The van der Waals surface area contributed by atoms with Gasteiger partial charge in [-0.25, -0.2) is 4.98 Å². The number of ether oxygens (including phenoxy) is 1. The number of benzene rings is 1. The third kappa shape index (κ3) is 3.12. The van der Waals surface area contributed by atoms with Gasteiger partial charge in [0.1, 0.15) is 5.82 Å². The lowest BCUT2D eigenvalue weighted by Crippen LogP contribution is -2.24. The van der Waals surface area contributed by atoms with Crippen molar-refractivity contribution in [2.24, 2.45) is 0 Å². The highest BCUT2D eigenvalue weighted by Crippen LogP contribution is 2.24. The first-order valence-corrected chi connectivity index (χ1v) is 6.47. The smallest absolute Gasteiger partial charge is 0.225 e. The van der Waals surface area contributed by atoms with Crippen LogP contribution in [0.15, 0.2) is 24.3 Å². The molecular weight excluding hydrogens is 240 g/mol. The molecule has 2 rings (SSSR count). The van der Waals surface area contributed by atoms with Crippen molar-refractivity contribution in [3.8, 4) is 0 Å². The first kappa shape index (κ1) is 13.5. The maximum atomic E-state index is 5.12. The van der Waals surface area contributed by atoms with E-state index in [-0.39, 0.29) is 0 Å². The van der Waals surface area contributed by atoms with Crippen LogP contribution in [0.1, 0.15) is 6.92 Å². The van der Waals surface area contributed by atoms with Crippen LogP contribution in [0.25, 0.3) is 10.9 Å². The molecule has 1 N–H and O–H groups in total. The molecule has 0 aliphatic carbocycles. The number of likely N-dealkylation sites (N-methyl/N-ethyl adjacent to an activating group) is 1. The third-order valence-electron chi connectivity index (χ3n) is 2.91. The molecular formula is C14H20N4O. The molecule has 1 heterocycles. The Morgan fingerprint density at radius 3 is 2.79 bits per heavy atom. The standard InChI is InChI=1S/C14H20N4O/c1-4-15-14-16-12-8-6-5-7-11(12)13(17-14)18(2)9-10-19-3/h5-8H,4,9-10H2,1-3H3,(H,15,16,17). The molecule has 2 aromatic rings. The quantitative estimate of drug-likeness (QED) is 0.862. The maximum absolute atomic E-state index is 5.12. The Balaban J connectivity index is 2.43. The second-order valence-electron chi connectivity index (χ2n) is 4.33. The van der Waals surface area contributed by atoms with E-state index >= 15 is 0 Å². The summed E-state index contributed by atoms with van der Waals surface area (Å²) in [4.78, 5) is 11.2. The van der Waals surface area contributed by atoms with Crippen LogP contribution in [0, 0.1) is 0 Å². The van der Waals surface area contributed by atoms with Gasteiger partial charge in [-0.2, -0.15) is 4.98 Å². The zero-order valence-corrected chi connectivity index (χ0v) is 11.7. The van der Waals surface area contributed by atoms with Gasteiger partial charge < -0.3 is 15.0 Å². The van der Waals surface area contributed by atoms with Gasteiger partial charge in [-0.05, 0) is 19.1 Å². The SMILES string of the molecule is CCNc1nc(N(C)CCOC)c2ccccc2n1. The Hall–Kier alpha value is -1.88. The van der Waals surface area contributed by atoms with E-state index in [4.69, 9.17) is 4.74 Å². The predicted octanol–water partition coefficient (Wildman–Crippen LogP) is 2.14.